The zero-order chi connectivity index (χ0) is 14.5. The minimum atomic E-state index is -0.363. The lowest BCUT2D eigenvalue weighted by Crippen LogP contribution is -2.07. The molecule has 0 aliphatic carbocycles. The molecular formula is C15H11Cl2NO2. The van der Waals surface area contributed by atoms with E-state index in [0.29, 0.717) is 10.0 Å². The van der Waals surface area contributed by atoms with Crippen LogP contribution in [0, 0.1) is 0 Å². The van der Waals surface area contributed by atoms with Gasteiger partial charge in [0, 0.05) is 16.1 Å². The van der Waals surface area contributed by atoms with Gasteiger partial charge in [0.2, 0.25) is 5.91 Å². The minimum Gasteiger partial charge on any atom is -0.506 e. The van der Waals surface area contributed by atoms with Gasteiger partial charge >= 0.3 is 0 Å². The number of carbonyl (C=O) groups excluding carboxylic acids is 1. The standard InChI is InChI=1S/C15H11Cl2NO2/c16-11-4-1-10(2-5-11)3-8-15(20)18-13-9-12(17)6-7-14(13)19/h1-9,19H,(H,18,20)/b8-3+. The molecule has 0 saturated carbocycles. The quantitative estimate of drug-likeness (QED) is 0.654. The third-order valence-corrected chi connectivity index (χ3v) is 3.00. The Bertz CT molecular complexity index is 651. The number of anilines is 1. The van der Waals surface area contributed by atoms with E-state index in [1.165, 1.54) is 24.3 Å². The molecule has 0 aromatic heterocycles. The average molecular weight is 308 g/mol. The van der Waals surface area contributed by atoms with Crippen LogP contribution in [-0.4, -0.2) is 11.0 Å². The van der Waals surface area contributed by atoms with E-state index in [1.807, 2.05) is 0 Å². The van der Waals surface area contributed by atoms with E-state index >= 15 is 0 Å². The molecule has 0 heterocycles. The number of nitrogens with one attached hydrogen (secondary N) is 1. The molecule has 3 nitrogen and oxygen atoms in total. The van der Waals surface area contributed by atoms with Crippen molar-refractivity contribution in [3.8, 4) is 5.75 Å². The van der Waals surface area contributed by atoms with Crippen molar-refractivity contribution in [3.05, 3.63) is 64.1 Å². The molecule has 0 fully saturated rings. The highest BCUT2D eigenvalue weighted by atomic mass is 35.5. The Balaban J connectivity index is 2.05. The third-order valence-electron chi connectivity index (χ3n) is 2.51. The van der Waals surface area contributed by atoms with Gasteiger partial charge in [-0.1, -0.05) is 35.3 Å². The number of phenolic OH excluding ortho intramolecular Hbond substituents is 1. The van der Waals surface area contributed by atoms with Crippen molar-refractivity contribution in [3.63, 3.8) is 0 Å². The van der Waals surface area contributed by atoms with Gasteiger partial charge in [0.1, 0.15) is 5.75 Å². The van der Waals surface area contributed by atoms with Gasteiger partial charge in [0.05, 0.1) is 5.69 Å². The van der Waals surface area contributed by atoms with Crippen LogP contribution in [0.2, 0.25) is 10.0 Å². The molecule has 20 heavy (non-hydrogen) atoms. The molecule has 0 aliphatic rings. The first-order valence-electron chi connectivity index (χ1n) is 5.78. The summed E-state index contributed by atoms with van der Waals surface area (Å²) in [5, 5.41) is 13.2. The van der Waals surface area contributed by atoms with Crippen LogP contribution in [0.5, 0.6) is 5.75 Å². The van der Waals surface area contributed by atoms with Crippen LogP contribution in [0.1, 0.15) is 5.56 Å². The van der Waals surface area contributed by atoms with Gasteiger partial charge in [-0.2, -0.15) is 0 Å². The van der Waals surface area contributed by atoms with Gasteiger partial charge in [0.25, 0.3) is 0 Å². The normalized spacial score (nSPS) is 10.7. The van der Waals surface area contributed by atoms with E-state index in [0.717, 1.165) is 5.56 Å². The topological polar surface area (TPSA) is 49.3 Å². The first kappa shape index (κ1) is 14.4. The maximum atomic E-state index is 11.7. The number of phenols is 1. The van der Waals surface area contributed by atoms with Crippen molar-refractivity contribution >= 4 is 40.9 Å². The summed E-state index contributed by atoms with van der Waals surface area (Å²) in [6, 6.07) is 11.5. The van der Waals surface area contributed by atoms with Gasteiger partial charge in [0.15, 0.2) is 0 Å². The molecule has 0 saturated heterocycles. The Kier molecular flexibility index (Phi) is 4.66. The first-order valence-corrected chi connectivity index (χ1v) is 6.53. The fraction of sp³-hybridized carbons (Fsp3) is 0. The second kappa shape index (κ2) is 6.46. The van der Waals surface area contributed by atoms with Gasteiger partial charge < -0.3 is 10.4 Å². The van der Waals surface area contributed by atoms with Gasteiger partial charge in [-0.15, -0.1) is 0 Å². The van der Waals surface area contributed by atoms with Gasteiger partial charge in [-0.05, 0) is 42.0 Å². The van der Waals surface area contributed by atoms with E-state index < -0.39 is 0 Å². The Morgan fingerprint density at radius 3 is 2.40 bits per heavy atom. The summed E-state index contributed by atoms with van der Waals surface area (Å²) in [5.74, 6) is -0.403. The van der Waals surface area contributed by atoms with Crippen LogP contribution in [0.25, 0.3) is 6.08 Å². The summed E-state index contributed by atoms with van der Waals surface area (Å²) in [5.41, 5.74) is 1.11. The predicted molar refractivity (Wildman–Crippen MR) is 82.2 cm³/mol. The summed E-state index contributed by atoms with van der Waals surface area (Å²) < 4.78 is 0. The van der Waals surface area contributed by atoms with Crippen molar-refractivity contribution in [1.82, 2.24) is 0 Å². The number of hydrogen-bond acceptors (Lipinski definition) is 2. The van der Waals surface area contributed by atoms with Crippen LogP contribution >= 0.6 is 23.2 Å². The maximum Gasteiger partial charge on any atom is 0.248 e. The molecule has 2 rings (SSSR count). The largest absolute Gasteiger partial charge is 0.506 e. The molecule has 1 amide bonds. The smallest absolute Gasteiger partial charge is 0.248 e. The Morgan fingerprint density at radius 1 is 1.05 bits per heavy atom. The maximum absolute atomic E-state index is 11.7. The van der Waals surface area contributed by atoms with E-state index in [9.17, 15) is 9.90 Å². The van der Waals surface area contributed by atoms with E-state index in [4.69, 9.17) is 23.2 Å². The molecule has 5 heteroatoms. The summed E-state index contributed by atoms with van der Waals surface area (Å²) in [6.45, 7) is 0. The van der Waals surface area contributed by atoms with Crippen LogP contribution in [0.4, 0.5) is 5.69 Å². The summed E-state index contributed by atoms with van der Waals surface area (Å²) in [7, 11) is 0. The molecular weight excluding hydrogens is 297 g/mol. The fourth-order valence-corrected chi connectivity index (χ4v) is 1.83. The Labute approximate surface area is 126 Å². The summed E-state index contributed by atoms with van der Waals surface area (Å²) in [4.78, 5) is 11.7. The lowest BCUT2D eigenvalue weighted by molar-refractivity contribution is -0.111. The molecule has 0 radical (unpaired) electrons. The van der Waals surface area contributed by atoms with E-state index in [1.54, 1.807) is 30.3 Å². The monoisotopic (exact) mass is 307 g/mol. The third kappa shape index (κ3) is 4.02. The van der Waals surface area contributed by atoms with Crippen LogP contribution in [0.15, 0.2) is 48.5 Å². The Morgan fingerprint density at radius 2 is 1.70 bits per heavy atom. The molecule has 2 aromatic carbocycles. The second-order valence-electron chi connectivity index (χ2n) is 4.04. The van der Waals surface area contributed by atoms with Crippen LogP contribution in [0.3, 0.4) is 0 Å². The number of aromatic hydroxyl groups is 1. The van der Waals surface area contributed by atoms with Crippen molar-refractivity contribution in [2.75, 3.05) is 5.32 Å². The first-order chi connectivity index (χ1) is 9.54. The molecule has 0 bridgehead atoms. The lowest BCUT2D eigenvalue weighted by Gasteiger charge is -2.05. The summed E-state index contributed by atoms with van der Waals surface area (Å²) >= 11 is 11.6. The highest BCUT2D eigenvalue weighted by Crippen LogP contribution is 2.26. The number of rotatable bonds is 3. The van der Waals surface area contributed by atoms with Crippen LogP contribution in [-0.2, 0) is 4.79 Å². The van der Waals surface area contributed by atoms with Crippen molar-refractivity contribution < 1.29 is 9.90 Å². The van der Waals surface area contributed by atoms with Crippen LogP contribution < -0.4 is 5.32 Å². The molecule has 0 spiro atoms. The molecule has 2 N–H and O–H groups in total. The number of benzene rings is 2. The fourth-order valence-electron chi connectivity index (χ4n) is 1.53. The molecule has 0 unspecified atom stereocenters. The zero-order valence-corrected chi connectivity index (χ0v) is 11.8. The van der Waals surface area contributed by atoms with E-state index in [2.05, 4.69) is 5.32 Å². The van der Waals surface area contributed by atoms with Gasteiger partial charge in [-0.3, -0.25) is 4.79 Å². The summed E-state index contributed by atoms with van der Waals surface area (Å²) in [6.07, 6.45) is 3.01. The number of halogens is 2. The number of hydrogen-bond donors (Lipinski definition) is 2. The Hall–Kier alpha value is -1.97. The van der Waals surface area contributed by atoms with Crippen molar-refractivity contribution in [2.24, 2.45) is 0 Å². The lowest BCUT2D eigenvalue weighted by atomic mass is 10.2. The van der Waals surface area contributed by atoms with Crippen molar-refractivity contribution in [2.45, 2.75) is 0 Å². The highest BCUT2D eigenvalue weighted by molar-refractivity contribution is 6.31. The van der Waals surface area contributed by atoms with E-state index in [-0.39, 0.29) is 17.3 Å². The number of amides is 1. The highest BCUT2D eigenvalue weighted by Gasteiger charge is 2.04. The molecule has 0 atom stereocenters. The second-order valence-corrected chi connectivity index (χ2v) is 4.91. The molecule has 0 aliphatic heterocycles. The zero-order valence-electron chi connectivity index (χ0n) is 10.3. The predicted octanol–water partition coefficient (Wildman–Crippen LogP) is 4.35. The molecule has 102 valence electrons. The average Bonchev–Trinajstić information content (AvgIpc) is 2.42. The number of carbonyl (C=O) groups is 1. The minimum absolute atomic E-state index is 0.0392. The van der Waals surface area contributed by atoms with Crippen molar-refractivity contribution in [1.29, 1.82) is 0 Å². The molecule has 2 aromatic rings. The van der Waals surface area contributed by atoms with Gasteiger partial charge in [-0.25, -0.2) is 0 Å². The SMILES string of the molecule is O=C(/C=C/c1ccc(Cl)cc1)Nc1cc(Cl)ccc1O.